The van der Waals surface area contributed by atoms with Gasteiger partial charge in [-0.3, -0.25) is 0 Å². The summed E-state index contributed by atoms with van der Waals surface area (Å²) >= 11 is 0. The van der Waals surface area contributed by atoms with Crippen molar-refractivity contribution in [3.8, 4) is 12.3 Å². The van der Waals surface area contributed by atoms with E-state index in [-0.39, 0.29) is 10.9 Å². The third-order valence-corrected chi connectivity index (χ3v) is 2.78. The maximum atomic E-state index is 11.2. The fourth-order valence-corrected chi connectivity index (χ4v) is 1.81. The molecule has 0 fully saturated rings. The summed E-state index contributed by atoms with van der Waals surface area (Å²) in [6.07, 6.45) is 5.19. The molecule has 1 aromatic rings. The molecule has 1 atom stereocenters. The van der Waals surface area contributed by atoms with Gasteiger partial charge < -0.3 is 5.32 Å². The van der Waals surface area contributed by atoms with Gasteiger partial charge in [-0.25, -0.2) is 13.6 Å². The predicted molar refractivity (Wildman–Crippen MR) is 59.7 cm³/mol. The Labute approximate surface area is 89.5 Å². The number of terminal acetylenes is 1. The second-order valence-corrected chi connectivity index (χ2v) is 4.60. The third-order valence-electron chi connectivity index (χ3n) is 1.82. The number of rotatable bonds is 3. The van der Waals surface area contributed by atoms with E-state index in [1.165, 1.54) is 6.07 Å². The number of nitrogens with one attached hydrogen (secondary N) is 1. The van der Waals surface area contributed by atoms with Crippen molar-refractivity contribution in [1.82, 2.24) is 0 Å². The summed E-state index contributed by atoms with van der Waals surface area (Å²) in [7, 11) is -3.72. The van der Waals surface area contributed by atoms with E-state index in [1.807, 2.05) is 0 Å². The molecule has 1 unspecified atom stereocenters. The van der Waals surface area contributed by atoms with E-state index in [0.717, 1.165) is 0 Å². The van der Waals surface area contributed by atoms with Crippen molar-refractivity contribution >= 4 is 15.7 Å². The number of sulfonamides is 1. The number of benzene rings is 1. The van der Waals surface area contributed by atoms with Crippen LogP contribution in [0.2, 0.25) is 0 Å². The highest BCUT2D eigenvalue weighted by Crippen LogP contribution is 2.19. The minimum Gasteiger partial charge on any atom is -0.371 e. The topological polar surface area (TPSA) is 72.2 Å². The maximum Gasteiger partial charge on any atom is 0.240 e. The monoisotopic (exact) mass is 224 g/mol. The summed E-state index contributed by atoms with van der Waals surface area (Å²) < 4.78 is 22.4. The summed E-state index contributed by atoms with van der Waals surface area (Å²) in [4.78, 5) is 0.0482. The Kier molecular flexibility index (Phi) is 3.35. The van der Waals surface area contributed by atoms with Crippen LogP contribution >= 0.6 is 0 Å². The third kappa shape index (κ3) is 2.98. The second-order valence-electron chi connectivity index (χ2n) is 3.07. The number of anilines is 1. The smallest absolute Gasteiger partial charge is 0.240 e. The molecule has 1 rings (SSSR count). The summed E-state index contributed by atoms with van der Waals surface area (Å²) in [6.45, 7) is 1.75. The van der Waals surface area contributed by atoms with Gasteiger partial charge in [0.05, 0.1) is 11.7 Å². The zero-order valence-corrected chi connectivity index (χ0v) is 9.08. The molecule has 0 aliphatic rings. The molecular formula is C10H12N2O2S. The molecule has 0 saturated heterocycles. The zero-order chi connectivity index (χ0) is 11.5. The van der Waals surface area contributed by atoms with Crippen LogP contribution in [0.3, 0.4) is 0 Å². The van der Waals surface area contributed by atoms with Crippen LogP contribution in [0.5, 0.6) is 0 Å². The van der Waals surface area contributed by atoms with E-state index in [2.05, 4.69) is 11.2 Å². The molecule has 0 radical (unpaired) electrons. The molecule has 0 aromatic heterocycles. The fraction of sp³-hybridized carbons (Fsp3) is 0.200. The van der Waals surface area contributed by atoms with E-state index < -0.39 is 10.0 Å². The molecular weight excluding hydrogens is 212 g/mol. The van der Waals surface area contributed by atoms with Gasteiger partial charge in [-0.1, -0.05) is 18.1 Å². The molecule has 0 heterocycles. The SMILES string of the molecule is C#CC(C)Nc1ccccc1S(N)(=O)=O. The molecule has 4 nitrogen and oxygen atoms in total. The van der Waals surface area contributed by atoms with Crippen molar-refractivity contribution in [3.05, 3.63) is 24.3 Å². The van der Waals surface area contributed by atoms with Gasteiger partial charge in [0, 0.05) is 0 Å². The molecule has 80 valence electrons. The van der Waals surface area contributed by atoms with Crippen LogP contribution in [0, 0.1) is 12.3 Å². The van der Waals surface area contributed by atoms with Gasteiger partial charge >= 0.3 is 0 Å². The summed E-state index contributed by atoms with van der Waals surface area (Å²) in [5, 5.41) is 7.93. The van der Waals surface area contributed by atoms with Crippen molar-refractivity contribution in [3.63, 3.8) is 0 Å². The van der Waals surface area contributed by atoms with Crippen LogP contribution in [0.25, 0.3) is 0 Å². The predicted octanol–water partition coefficient (Wildman–Crippen LogP) is 0.768. The summed E-state index contributed by atoms with van der Waals surface area (Å²) in [5.41, 5.74) is 0.422. The zero-order valence-electron chi connectivity index (χ0n) is 8.27. The lowest BCUT2D eigenvalue weighted by Gasteiger charge is -2.12. The number of hydrogen-bond acceptors (Lipinski definition) is 3. The lowest BCUT2D eigenvalue weighted by atomic mass is 10.3. The standard InChI is InChI=1S/C10H12N2O2S/c1-3-8(2)12-9-6-4-5-7-10(9)15(11,13)14/h1,4-8,12H,2H3,(H2,11,13,14). The Balaban J connectivity index is 3.15. The first kappa shape index (κ1) is 11.6. The number of para-hydroxylation sites is 1. The number of primary sulfonamides is 1. The molecule has 0 spiro atoms. The number of hydrogen-bond donors (Lipinski definition) is 2. The van der Waals surface area contributed by atoms with Crippen molar-refractivity contribution in [2.75, 3.05) is 5.32 Å². The maximum absolute atomic E-state index is 11.2. The average molecular weight is 224 g/mol. The van der Waals surface area contributed by atoms with Crippen molar-refractivity contribution in [2.45, 2.75) is 17.9 Å². The van der Waals surface area contributed by atoms with Gasteiger partial charge in [-0.2, -0.15) is 0 Å². The summed E-state index contributed by atoms with van der Waals surface area (Å²) in [5.74, 6) is 2.45. The van der Waals surface area contributed by atoms with Crippen LogP contribution < -0.4 is 10.5 Å². The molecule has 0 bridgehead atoms. The van der Waals surface area contributed by atoms with E-state index in [1.54, 1.807) is 25.1 Å². The molecule has 0 aliphatic heterocycles. The number of nitrogens with two attached hydrogens (primary N) is 1. The first-order chi connectivity index (χ1) is 6.95. The van der Waals surface area contributed by atoms with E-state index >= 15 is 0 Å². The Morgan fingerprint density at radius 3 is 2.60 bits per heavy atom. The second kappa shape index (κ2) is 4.34. The highest BCUT2D eigenvalue weighted by molar-refractivity contribution is 7.89. The van der Waals surface area contributed by atoms with Crippen molar-refractivity contribution < 1.29 is 8.42 Å². The van der Waals surface area contributed by atoms with Crippen LogP contribution in [-0.4, -0.2) is 14.5 Å². The van der Waals surface area contributed by atoms with Gasteiger partial charge in [0.15, 0.2) is 0 Å². The van der Waals surface area contributed by atoms with Crippen LogP contribution in [0.4, 0.5) is 5.69 Å². The molecule has 15 heavy (non-hydrogen) atoms. The Morgan fingerprint density at radius 1 is 1.47 bits per heavy atom. The molecule has 0 amide bonds. The minimum atomic E-state index is -3.72. The highest BCUT2D eigenvalue weighted by Gasteiger charge is 2.13. The molecule has 3 N–H and O–H groups in total. The van der Waals surface area contributed by atoms with Gasteiger partial charge in [0.2, 0.25) is 10.0 Å². The normalized spacial score (nSPS) is 12.9. The Hall–Kier alpha value is -1.51. The van der Waals surface area contributed by atoms with Gasteiger partial charge in [-0.15, -0.1) is 6.42 Å². The van der Waals surface area contributed by atoms with Gasteiger partial charge in [0.1, 0.15) is 4.90 Å². The minimum absolute atomic E-state index is 0.0482. The lowest BCUT2D eigenvalue weighted by molar-refractivity contribution is 0.598. The molecule has 0 saturated carbocycles. The van der Waals surface area contributed by atoms with E-state index in [0.29, 0.717) is 5.69 Å². The Morgan fingerprint density at radius 2 is 2.07 bits per heavy atom. The van der Waals surface area contributed by atoms with E-state index in [4.69, 9.17) is 11.6 Å². The fourth-order valence-electron chi connectivity index (χ4n) is 1.11. The molecule has 1 aromatic carbocycles. The van der Waals surface area contributed by atoms with Crippen LogP contribution in [0.1, 0.15) is 6.92 Å². The van der Waals surface area contributed by atoms with Crippen LogP contribution in [0.15, 0.2) is 29.2 Å². The van der Waals surface area contributed by atoms with Gasteiger partial charge in [0.25, 0.3) is 0 Å². The largest absolute Gasteiger partial charge is 0.371 e. The first-order valence-corrected chi connectivity index (χ1v) is 5.84. The lowest BCUT2D eigenvalue weighted by Crippen LogP contribution is -2.18. The van der Waals surface area contributed by atoms with E-state index in [9.17, 15) is 8.42 Å². The molecule has 5 heteroatoms. The average Bonchev–Trinajstić information content (AvgIpc) is 2.17. The summed E-state index contributed by atoms with van der Waals surface area (Å²) in [6, 6.07) is 6.10. The van der Waals surface area contributed by atoms with Crippen LogP contribution in [-0.2, 0) is 10.0 Å². The quantitative estimate of drug-likeness (QED) is 0.745. The Bertz CT molecular complexity index is 488. The highest BCUT2D eigenvalue weighted by atomic mass is 32.2. The van der Waals surface area contributed by atoms with Gasteiger partial charge in [-0.05, 0) is 19.1 Å². The van der Waals surface area contributed by atoms with Crippen molar-refractivity contribution in [2.24, 2.45) is 5.14 Å². The first-order valence-electron chi connectivity index (χ1n) is 4.29. The molecule has 0 aliphatic carbocycles. The van der Waals surface area contributed by atoms with Crippen molar-refractivity contribution in [1.29, 1.82) is 0 Å².